The van der Waals surface area contributed by atoms with E-state index >= 15 is 0 Å². The molecule has 0 radical (unpaired) electrons. The molecule has 11 nitrogen and oxygen atoms in total. The minimum Gasteiger partial charge on any atom is -0.372 e. The number of fused-ring (bicyclic) bond motifs is 1. The molecule has 3 aromatic rings. The van der Waals surface area contributed by atoms with Crippen LogP contribution in [0.5, 0.6) is 0 Å². The number of hydrazone groups is 1. The molecule has 2 heterocycles. The second-order valence-corrected chi connectivity index (χ2v) is 9.67. The first-order valence-electron chi connectivity index (χ1n) is 13.5. The van der Waals surface area contributed by atoms with Gasteiger partial charge in [0.05, 0.1) is 22.6 Å². The van der Waals surface area contributed by atoms with Gasteiger partial charge in [-0.1, -0.05) is 30.3 Å². The van der Waals surface area contributed by atoms with E-state index in [1.54, 1.807) is 55.5 Å². The molecule has 0 bridgehead atoms. The van der Waals surface area contributed by atoms with Crippen molar-refractivity contribution in [3.8, 4) is 0 Å². The second-order valence-electron chi connectivity index (χ2n) is 9.67. The maximum absolute atomic E-state index is 14.1. The monoisotopic (exact) mass is 569 g/mol. The van der Waals surface area contributed by atoms with E-state index in [2.05, 4.69) is 33.6 Å². The third kappa shape index (κ3) is 5.33. The van der Waals surface area contributed by atoms with Crippen LogP contribution in [0.1, 0.15) is 31.9 Å². The maximum atomic E-state index is 14.1. The molecule has 11 heteroatoms. The number of anilines is 3. The predicted molar refractivity (Wildman–Crippen MR) is 160 cm³/mol. The first-order valence-corrected chi connectivity index (χ1v) is 13.5. The molecule has 2 N–H and O–H groups in total. The van der Waals surface area contributed by atoms with Crippen LogP contribution in [0, 0.1) is 0 Å². The molecule has 2 aliphatic rings. The highest BCUT2D eigenvalue weighted by Crippen LogP contribution is 2.35. The maximum Gasteiger partial charge on any atom is 0.283 e. The Bertz CT molecular complexity index is 1580. The number of hydrogen-bond donors (Lipinski definition) is 2. The SMILES string of the molecule is CCN(CC)c1ccc(N=C2C(=O)N(c3ccc(COO)cc3)C3=NN(c4ccccc4COO)C(=O)C3=C2C)cc1. The zero-order valence-electron chi connectivity index (χ0n) is 23.5. The van der Waals surface area contributed by atoms with Gasteiger partial charge < -0.3 is 4.90 Å². The second kappa shape index (κ2) is 12.5. The molecule has 216 valence electrons. The van der Waals surface area contributed by atoms with E-state index in [1.165, 1.54) is 9.91 Å². The van der Waals surface area contributed by atoms with Crippen LogP contribution in [0.4, 0.5) is 22.7 Å². The van der Waals surface area contributed by atoms with Crippen LogP contribution >= 0.6 is 0 Å². The van der Waals surface area contributed by atoms with Gasteiger partial charge in [0.2, 0.25) is 0 Å². The largest absolute Gasteiger partial charge is 0.372 e. The number of amides is 2. The Morgan fingerprint density at radius 3 is 2.17 bits per heavy atom. The summed E-state index contributed by atoms with van der Waals surface area (Å²) in [6.45, 7) is 7.40. The third-order valence-corrected chi connectivity index (χ3v) is 7.26. The quantitative estimate of drug-likeness (QED) is 0.250. The molecule has 0 saturated heterocycles. The van der Waals surface area contributed by atoms with Crippen molar-refractivity contribution in [2.24, 2.45) is 10.1 Å². The van der Waals surface area contributed by atoms with Gasteiger partial charge in [-0.25, -0.2) is 14.8 Å². The Labute approximate surface area is 243 Å². The van der Waals surface area contributed by atoms with Crippen LogP contribution in [-0.4, -0.2) is 47.0 Å². The van der Waals surface area contributed by atoms with Gasteiger partial charge in [0.25, 0.3) is 11.8 Å². The summed E-state index contributed by atoms with van der Waals surface area (Å²) in [6, 6.07) is 21.3. The predicted octanol–water partition coefficient (Wildman–Crippen LogP) is 5.31. The van der Waals surface area contributed by atoms with Gasteiger partial charge in [-0.2, -0.15) is 5.01 Å². The van der Waals surface area contributed by atoms with E-state index in [1.807, 2.05) is 24.3 Å². The lowest BCUT2D eigenvalue weighted by atomic mass is 9.96. The lowest BCUT2D eigenvalue weighted by Crippen LogP contribution is -2.47. The van der Waals surface area contributed by atoms with Crippen molar-refractivity contribution >= 4 is 46.1 Å². The Hall–Kier alpha value is -4.68. The Balaban J connectivity index is 1.63. The fourth-order valence-electron chi connectivity index (χ4n) is 5.07. The lowest BCUT2D eigenvalue weighted by molar-refractivity contribution is -0.253. The minimum absolute atomic E-state index is 0.0222. The molecule has 3 aromatic carbocycles. The van der Waals surface area contributed by atoms with Crippen molar-refractivity contribution in [2.75, 3.05) is 27.9 Å². The number of benzene rings is 3. The molecule has 0 unspecified atom stereocenters. The van der Waals surface area contributed by atoms with E-state index in [9.17, 15) is 9.59 Å². The minimum atomic E-state index is -0.449. The van der Waals surface area contributed by atoms with Crippen LogP contribution in [-0.2, 0) is 32.6 Å². The molecule has 5 rings (SSSR count). The van der Waals surface area contributed by atoms with Crippen LogP contribution in [0.2, 0.25) is 0 Å². The number of amidine groups is 1. The summed E-state index contributed by atoms with van der Waals surface area (Å²) < 4.78 is 0. The van der Waals surface area contributed by atoms with Gasteiger partial charge in [-0.05, 0) is 74.4 Å². The summed E-state index contributed by atoms with van der Waals surface area (Å²) in [7, 11) is 0. The Kier molecular flexibility index (Phi) is 8.55. The van der Waals surface area contributed by atoms with E-state index in [0.717, 1.165) is 18.8 Å². The average Bonchev–Trinajstić information content (AvgIpc) is 3.34. The Morgan fingerprint density at radius 2 is 1.52 bits per heavy atom. The van der Waals surface area contributed by atoms with Gasteiger partial charge in [0.1, 0.15) is 18.9 Å². The fraction of sp³-hybridized carbons (Fsp3) is 0.226. The van der Waals surface area contributed by atoms with Crippen molar-refractivity contribution in [3.05, 3.63) is 95.1 Å². The summed E-state index contributed by atoms with van der Waals surface area (Å²) >= 11 is 0. The average molecular weight is 570 g/mol. The molecule has 0 spiro atoms. The fourth-order valence-corrected chi connectivity index (χ4v) is 5.07. The standard InChI is InChI=1S/C31H31N5O6/c1-4-34(5-2)24-16-12-23(13-17-24)32-28-20(3)27-29(35(31(28)38)25-14-10-21(11-15-25)18-41-39)33-36(30(27)37)26-9-7-6-8-22(26)19-42-40/h6-17,39-40H,4-5,18-19H2,1-3H3. The number of hydrogen-bond acceptors (Lipinski definition) is 9. The van der Waals surface area contributed by atoms with Gasteiger partial charge in [0, 0.05) is 24.3 Å². The van der Waals surface area contributed by atoms with E-state index in [4.69, 9.17) is 15.5 Å². The van der Waals surface area contributed by atoms with Crippen LogP contribution in [0.3, 0.4) is 0 Å². The Morgan fingerprint density at radius 1 is 0.857 bits per heavy atom. The molecule has 0 atom stereocenters. The molecular formula is C31H31N5O6. The zero-order valence-corrected chi connectivity index (χ0v) is 23.5. The first-order chi connectivity index (χ1) is 20.4. The smallest absolute Gasteiger partial charge is 0.283 e. The molecule has 2 aliphatic heterocycles. The van der Waals surface area contributed by atoms with Gasteiger partial charge >= 0.3 is 0 Å². The van der Waals surface area contributed by atoms with Crippen LogP contribution < -0.4 is 14.8 Å². The zero-order chi connectivity index (χ0) is 29.8. The highest BCUT2D eigenvalue weighted by atomic mass is 17.1. The summed E-state index contributed by atoms with van der Waals surface area (Å²) in [6.07, 6.45) is 0. The molecule has 0 saturated carbocycles. The number of aliphatic imine (C=N–C) groups is 1. The van der Waals surface area contributed by atoms with Crippen molar-refractivity contribution < 1.29 is 29.9 Å². The first kappa shape index (κ1) is 28.8. The van der Waals surface area contributed by atoms with Crippen molar-refractivity contribution in [1.82, 2.24) is 0 Å². The number of nitrogens with zero attached hydrogens (tertiary/aromatic N) is 5. The molecule has 2 amide bonds. The summed E-state index contributed by atoms with van der Waals surface area (Å²) in [4.78, 5) is 44.9. The lowest BCUT2D eigenvalue weighted by Gasteiger charge is -2.28. The molecule has 42 heavy (non-hydrogen) atoms. The normalized spacial score (nSPS) is 15.9. The van der Waals surface area contributed by atoms with Gasteiger partial charge in [-0.3, -0.25) is 25.0 Å². The van der Waals surface area contributed by atoms with Crippen LogP contribution in [0.25, 0.3) is 0 Å². The summed E-state index contributed by atoms with van der Waals surface area (Å²) in [5.74, 6) is -0.736. The van der Waals surface area contributed by atoms with E-state index in [0.29, 0.717) is 33.8 Å². The van der Waals surface area contributed by atoms with Gasteiger partial charge in [-0.15, -0.1) is 5.10 Å². The summed E-state index contributed by atoms with van der Waals surface area (Å²) in [5.41, 5.74) is 4.44. The highest BCUT2D eigenvalue weighted by Gasteiger charge is 2.45. The van der Waals surface area contributed by atoms with Crippen molar-refractivity contribution in [3.63, 3.8) is 0 Å². The third-order valence-electron chi connectivity index (χ3n) is 7.26. The molecule has 0 fully saturated rings. The van der Waals surface area contributed by atoms with E-state index < -0.39 is 11.8 Å². The number of carbonyl (C=O) groups excluding carboxylic acids is 2. The van der Waals surface area contributed by atoms with Crippen LogP contribution in [0.15, 0.2) is 94.0 Å². The van der Waals surface area contributed by atoms with Gasteiger partial charge in [0.15, 0.2) is 5.84 Å². The molecule has 0 aliphatic carbocycles. The van der Waals surface area contributed by atoms with Crippen molar-refractivity contribution in [1.29, 1.82) is 0 Å². The molecule has 0 aromatic heterocycles. The number of rotatable bonds is 10. The summed E-state index contributed by atoms with van der Waals surface area (Å²) in [5, 5.41) is 23.7. The topological polar surface area (TPSA) is 128 Å². The number of carbonyl (C=O) groups is 2. The molecular weight excluding hydrogens is 538 g/mol. The van der Waals surface area contributed by atoms with Crippen molar-refractivity contribution in [2.45, 2.75) is 34.0 Å². The highest BCUT2D eigenvalue weighted by molar-refractivity contribution is 6.61. The van der Waals surface area contributed by atoms with E-state index in [-0.39, 0.29) is 30.3 Å². The number of para-hydroxylation sites is 1.